The van der Waals surface area contributed by atoms with Crippen LogP contribution in [0.25, 0.3) is 0 Å². The minimum atomic E-state index is -0.0359. The van der Waals surface area contributed by atoms with Crippen LogP contribution in [0.5, 0.6) is 0 Å². The second-order valence-corrected chi connectivity index (χ2v) is 8.49. The van der Waals surface area contributed by atoms with Gasteiger partial charge in [0.05, 0.1) is 6.54 Å². The van der Waals surface area contributed by atoms with E-state index in [-0.39, 0.29) is 29.9 Å². The highest BCUT2D eigenvalue weighted by atomic mass is 127. The van der Waals surface area contributed by atoms with Crippen molar-refractivity contribution in [2.24, 2.45) is 4.99 Å². The minimum Gasteiger partial charge on any atom is -0.357 e. The van der Waals surface area contributed by atoms with Gasteiger partial charge in [-0.05, 0) is 77.6 Å². The number of amides is 1. The Balaban J connectivity index is 0.00000512. The van der Waals surface area contributed by atoms with Gasteiger partial charge in [-0.25, -0.2) is 4.99 Å². The summed E-state index contributed by atoms with van der Waals surface area (Å²) in [6.07, 6.45) is 6.55. The number of rotatable bonds is 11. The van der Waals surface area contributed by atoms with E-state index in [0.717, 1.165) is 44.1 Å². The molecule has 0 radical (unpaired) electrons. The van der Waals surface area contributed by atoms with Crippen LogP contribution >= 0.6 is 24.0 Å². The third-order valence-corrected chi connectivity index (χ3v) is 5.44. The van der Waals surface area contributed by atoms with Crippen molar-refractivity contribution in [3.8, 4) is 0 Å². The Labute approximate surface area is 211 Å². The summed E-state index contributed by atoms with van der Waals surface area (Å²) in [7, 11) is 3.99. The molecule has 1 aliphatic rings. The molecular weight excluding hydrogens is 515 g/mol. The first kappa shape index (κ1) is 28.6. The Morgan fingerprint density at radius 3 is 2.50 bits per heavy atom. The molecule has 0 spiro atoms. The zero-order chi connectivity index (χ0) is 22.3. The van der Waals surface area contributed by atoms with E-state index in [1.165, 1.54) is 38.8 Å². The van der Waals surface area contributed by atoms with Crippen molar-refractivity contribution in [3.05, 3.63) is 35.4 Å². The predicted octanol–water partition coefficient (Wildman–Crippen LogP) is 2.92. The molecule has 2 rings (SSSR count). The van der Waals surface area contributed by atoms with Gasteiger partial charge >= 0.3 is 0 Å². The molecule has 182 valence electrons. The largest absolute Gasteiger partial charge is 0.357 e. The van der Waals surface area contributed by atoms with E-state index in [1.54, 1.807) is 0 Å². The van der Waals surface area contributed by atoms with E-state index >= 15 is 0 Å². The number of likely N-dealkylation sites (N-methyl/N-ethyl adjacent to an activating group) is 1. The van der Waals surface area contributed by atoms with Crippen LogP contribution in [-0.2, 0) is 6.54 Å². The standard InChI is InChI=1S/C24H42N6O.HI/c1-4-25-24(27-13-10-17-30-15-7-5-6-8-16-30)28-20-21-11-9-12-22(19-21)23(31)26-14-18-29(2)3;/h9,11-12,19H,4-8,10,13-18,20H2,1-3H3,(H,26,31)(H2,25,27,28);1H. The van der Waals surface area contributed by atoms with Gasteiger partial charge in [0.2, 0.25) is 0 Å². The summed E-state index contributed by atoms with van der Waals surface area (Å²) in [5.74, 6) is 0.797. The number of aliphatic imine (C=N–C) groups is 1. The van der Waals surface area contributed by atoms with Gasteiger partial charge < -0.3 is 25.8 Å². The van der Waals surface area contributed by atoms with Crippen LogP contribution in [0.4, 0.5) is 0 Å². The molecule has 0 saturated carbocycles. The number of carbonyl (C=O) groups is 1. The maximum Gasteiger partial charge on any atom is 0.251 e. The van der Waals surface area contributed by atoms with Crippen LogP contribution in [0.15, 0.2) is 29.3 Å². The second kappa shape index (κ2) is 17.1. The summed E-state index contributed by atoms with van der Waals surface area (Å²) < 4.78 is 0. The zero-order valence-electron chi connectivity index (χ0n) is 20.2. The number of halogens is 1. The molecule has 8 heteroatoms. The number of likely N-dealkylation sites (tertiary alicyclic amines) is 1. The lowest BCUT2D eigenvalue weighted by molar-refractivity contribution is 0.0951. The highest BCUT2D eigenvalue weighted by molar-refractivity contribution is 14.0. The number of hydrogen-bond donors (Lipinski definition) is 3. The van der Waals surface area contributed by atoms with Crippen molar-refractivity contribution in [1.82, 2.24) is 25.8 Å². The molecule has 7 nitrogen and oxygen atoms in total. The highest BCUT2D eigenvalue weighted by Crippen LogP contribution is 2.09. The third kappa shape index (κ3) is 12.0. The van der Waals surface area contributed by atoms with Gasteiger partial charge in [-0.15, -0.1) is 24.0 Å². The van der Waals surface area contributed by atoms with E-state index in [0.29, 0.717) is 18.7 Å². The molecule has 1 aliphatic heterocycles. The van der Waals surface area contributed by atoms with Crippen LogP contribution in [0.1, 0.15) is 54.9 Å². The molecule has 0 atom stereocenters. The Bertz CT molecular complexity index is 674. The molecule has 0 aliphatic carbocycles. The fourth-order valence-corrected chi connectivity index (χ4v) is 3.69. The average Bonchev–Trinajstić information content (AvgIpc) is 3.03. The van der Waals surface area contributed by atoms with Crippen molar-refractivity contribution in [2.75, 3.05) is 59.9 Å². The van der Waals surface area contributed by atoms with Gasteiger partial charge in [-0.1, -0.05) is 25.0 Å². The maximum atomic E-state index is 12.4. The van der Waals surface area contributed by atoms with Crippen molar-refractivity contribution in [1.29, 1.82) is 0 Å². The smallest absolute Gasteiger partial charge is 0.251 e. The molecular formula is C24H43IN6O. The number of guanidine groups is 1. The van der Waals surface area contributed by atoms with Gasteiger partial charge in [-0.2, -0.15) is 0 Å². The van der Waals surface area contributed by atoms with Gasteiger partial charge in [0.1, 0.15) is 0 Å². The summed E-state index contributed by atoms with van der Waals surface area (Å²) in [4.78, 5) is 21.7. The predicted molar refractivity (Wildman–Crippen MR) is 145 cm³/mol. The molecule has 0 bridgehead atoms. The minimum absolute atomic E-state index is 0. The molecule has 0 unspecified atom stereocenters. The van der Waals surface area contributed by atoms with Crippen molar-refractivity contribution in [2.45, 2.75) is 45.6 Å². The quantitative estimate of drug-likeness (QED) is 0.169. The summed E-state index contributed by atoms with van der Waals surface area (Å²) in [5, 5.41) is 9.73. The average molecular weight is 559 g/mol. The lowest BCUT2D eigenvalue weighted by Crippen LogP contribution is -2.39. The number of carbonyl (C=O) groups excluding carboxylic acids is 1. The van der Waals surface area contributed by atoms with E-state index in [1.807, 2.05) is 38.4 Å². The molecule has 1 fully saturated rings. The number of benzene rings is 1. The molecule has 1 amide bonds. The van der Waals surface area contributed by atoms with E-state index in [4.69, 9.17) is 4.99 Å². The van der Waals surface area contributed by atoms with Crippen LogP contribution in [-0.4, -0.2) is 81.6 Å². The van der Waals surface area contributed by atoms with Gasteiger partial charge in [0, 0.05) is 31.7 Å². The fourth-order valence-electron chi connectivity index (χ4n) is 3.69. The summed E-state index contributed by atoms with van der Waals surface area (Å²) in [5.41, 5.74) is 1.71. The molecule has 3 N–H and O–H groups in total. The molecule has 1 aromatic carbocycles. The molecule has 1 aromatic rings. The van der Waals surface area contributed by atoms with Crippen molar-refractivity contribution >= 4 is 35.8 Å². The zero-order valence-corrected chi connectivity index (χ0v) is 22.5. The van der Waals surface area contributed by atoms with E-state index in [9.17, 15) is 4.79 Å². The molecule has 32 heavy (non-hydrogen) atoms. The van der Waals surface area contributed by atoms with Crippen LogP contribution in [0.3, 0.4) is 0 Å². The SMILES string of the molecule is CCNC(=NCc1cccc(C(=O)NCCN(C)C)c1)NCCCN1CCCCCC1.I. The van der Waals surface area contributed by atoms with Crippen LogP contribution in [0, 0.1) is 0 Å². The number of nitrogens with zero attached hydrogens (tertiary/aromatic N) is 3. The van der Waals surface area contributed by atoms with Gasteiger partial charge in [0.25, 0.3) is 5.91 Å². The van der Waals surface area contributed by atoms with Crippen molar-refractivity contribution in [3.63, 3.8) is 0 Å². The maximum absolute atomic E-state index is 12.4. The molecule has 1 saturated heterocycles. The summed E-state index contributed by atoms with van der Waals surface area (Å²) in [6.45, 7) is 9.46. The highest BCUT2D eigenvalue weighted by Gasteiger charge is 2.09. The number of hydrogen-bond acceptors (Lipinski definition) is 4. The third-order valence-electron chi connectivity index (χ3n) is 5.44. The van der Waals surface area contributed by atoms with Gasteiger partial charge in [0.15, 0.2) is 5.96 Å². The summed E-state index contributed by atoms with van der Waals surface area (Å²) in [6, 6.07) is 7.72. The Morgan fingerprint density at radius 1 is 1.06 bits per heavy atom. The topological polar surface area (TPSA) is 72.0 Å². The Hall–Kier alpha value is -1.39. The lowest BCUT2D eigenvalue weighted by Gasteiger charge is -2.20. The van der Waals surface area contributed by atoms with E-state index < -0.39 is 0 Å². The Morgan fingerprint density at radius 2 is 1.81 bits per heavy atom. The molecule has 1 heterocycles. The summed E-state index contributed by atoms with van der Waals surface area (Å²) >= 11 is 0. The lowest BCUT2D eigenvalue weighted by atomic mass is 10.1. The first-order valence-corrected chi connectivity index (χ1v) is 11.8. The van der Waals surface area contributed by atoms with Gasteiger partial charge in [-0.3, -0.25) is 4.79 Å². The first-order valence-electron chi connectivity index (χ1n) is 11.8. The monoisotopic (exact) mass is 558 g/mol. The van der Waals surface area contributed by atoms with E-state index in [2.05, 4.69) is 32.7 Å². The number of nitrogens with one attached hydrogen (secondary N) is 3. The normalized spacial score (nSPS) is 15.1. The molecule has 0 aromatic heterocycles. The second-order valence-electron chi connectivity index (χ2n) is 8.49. The van der Waals surface area contributed by atoms with Crippen LogP contribution in [0.2, 0.25) is 0 Å². The Kier molecular flexibility index (Phi) is 15.3. The van der Waals surface area contributed by atoms with Crippen molar-refractivity contribution < 1.29 is 4.79 Å². The van der Waals surface area contributed by atoms with Crippen LogP contribution < -0.4 is 16.0 Å². The first-order chi connectivity index (χ1) is 15.1. The fraction of sp³-hybridized carbons (Fsp3) is 0.667.